The summed E-state index contributed by atoms with van der Waals surface area (Å²) in [5.41, 5.74) is 2.22. The number of aliphatic imine (C=N–C) groups is 1. The third-order valence-electron chi connectivity index (χ3n) is 4.52. The maximum atomic E-state index is 6.09. The van der Waals surface area contributed by atoms with Gasteiger partial charge in [-0.1, -0.05) is 37.3 Å². The third-order valence-corrected chi connectivity index (χ3v) is 4.52. The van der Waals surface area contributed by atoms with E-state index in [0.717, 1.165) is 53.9 Å². The van der Waals surface area contributed by atoms with E-state index in [0.29, 0.717) is 6.54 Å². The maximum Gasteiger partial charge on any atom is 0.191 e. The number of hydrogen-bond donors (Lipinski definition) is 2. The fourth-order valence-electron chi connectivity index (χ4n) is 2.95. The normalized spacial score (nSPS) is 11.0. The average Bonchev–Trinajstić information content (AvgIpc) is 3.20. The number of rotatable bonds is 8. The van der Waals surface area contributed by atoms with Crippen LogP contribution in [-0.4, -0.2) is 34.3 Å². The predicted octanol–water partition coefficient (Wildman–Crippen LogP) is 3.92. The predicted molar refractivity (Wildman–Crippen MR) is 131 cm³/mol. The molecular formula is C22H29IN6O. The first-order valence-corrected chi connectivity index (χ1v) is 9.83. The molecule has 1 aromatic heterocycles. The van der Waals surface area contributed by atoms with Gasteiger partial charge in [0.05, 0.1) is 0 Å². The second-order valence-electron chi connectivity index (χ2n) is 6.67. The van der Waals surface area contributed by atoms with Crippen molar-refractivity contribution in [3.8, 4) is 11.5 Å². The summed E-state index contributed by atoms with van der Waals surface area (Å²) in [7, 11) is 1.77. The molecule has 0 aliphatic heterocycles. The summed E-state index contributed by atoms with van der Waals surface area (Å²) >= 11 is 0. The molecule has 0 saturated heterocycles. The minimum absolute atomic E-state index is 0. The van der Waals surface area contributed by atoms with Gasteiger partial charge in [-0.3, -0.25) is 4.99 Å². The molecule has 0 spiro atoms. The van der Waals surface area contributed by atoms with Crippen LogP contribution in [0, 0.1) is 6.92 Å². The Bertz CT molecular complexity index is 942. The zero-order valence-corrected chi connectivity index (χ0v) is 20.0. The Balaban J connectivity index is 0.00000320. The van der Waals surface area contributed by atoms with Gasteiger partial charge < -0.3 is 19.9 Å². The van der Waals surface area contributed by atoms with Crippen molar-refractivity contribution in [3.05, 3.63) is 71.8 Å². The van der Waals surface area contributed by atoms with E-state index in [1.54, 1.807) is 13.4 Å². The van der Waals surface area contributed by atoms with Gasteiger partial charge in [0.25, 0.3) is 0 Å². The van der Waals surface area contributed by atoms with Crippen molar-refractivity contribution in [2.45, 2.75) is 33.4 Å². The van der Waals surface area contributed by atoms with E-state index in [-0.39, 0.29) is 24.0 Å². The van der Waals surface area contributed by atoms with Gasteiger partial charge in [-0.15, -0.1) is 34.2 Å². The van der Waals surface area contributed by atoms with Gasteiger partial charge in [-0.05, 0) is 30.7 Å². The van der Waals surface area contributed by atoms with Gasteiger partial charge in [0, 0.05) is 38.7 Å². The Morgan fingerprint density at radius 3 is 2.67 bits per heavy atom. The highest BCUT2D eigenvalue weighted by molar-refractivity contribution is 14.0. The fraction of sp³-hybridized carbons (Fsp3) is 0.318. The number of ether oxygens (including phenoxy) is 1. The van der Waals surface area contributed by atoms with E-state index in [1.165, 1.54) is 0 Å². The lowest BCUT2D eigenvalue weighted by Gasteiger charge is -2.15. The zero-order chi connectivity index (χ0) is 20.5. The molecular weight excluding hydrogens is 491 g/mol. The summed E-state index contributed by atoms with van der Waals surface area (Å²) < 4.78 is 8.14. The standard InChI is InChI=1S/C22H28N6O.HI/c1-4-21-27-26-16-28(21)13-12-24-22(23-3)25-15-18-11-10-17(2)14-20(18)29-19-8-6-5-7-9-19;/h5-11,14,16H,4,12-13,15H2,1-3H3,(H2,23,24,25);1H. The summed E-state index contributed by atoms with van der Waals surface area (Å²) in [6.07, 6.45) is 2.63. The summed E-state index contributed by atoms with van der Waals surface area (Å²) in [5, 5.41) is 14.8. The van der Waals surface area contributed by atoms with E-state index in [2.05, 4.69) is 57.9 Å². The van der Waals surface area contributed by atoms with Crippen LogP contribution in [0.25, 0.3) is 0 Å². The number of aromatic nitrogens is 3. The Morgan fingerprint density at radius 1 is 1.13 bits per heavy atom. The zero-order valence-electron chi connectivity index (χ0n) is 17.6. The average molecular weight is 520 g/mol. The first kappa shape index (κ1) is 23.7. The van der Waals surface area contributed by atoms with Crippen LogP contribution in [0.3, 0.4) is 0 Å². The molecule has 0 bridgehead atoms. The molecule has 0 aliphatic carbocycles. The molecule has 2 aromatic carbocycles. The van der Waals surface area contributed by atoms with Crippen LogP contribution in [0.2, 0.25) is 0 Å². The largest absolute Gasteiger partial charge is 0.457 e. The summed E-state index contributed by atoms with van der Waals surface area (Å²) in [4.78, 5) is 4.31. The highest BCUT2D eigenvalue weighted by Crippen LogP contribution is 2.26. The lowest BCUT2D eigenvalue weighted by atomic mass is 10.1. The van der Waals surface area contributed by atoms with Crippen LogP contribution >= 0.6 is 24.0 Å². The number of halogens is 1. The molecule has 30 heavy (non-hydrogen) atoms. The molecule has 160 valence electrons. The molecule has 3 rings (SSSR count). The Kier molecular flexibility index (Phi) is 9.59. The summed E-state index contributed by atoms with van der Waals surface area (Å²) in [6.45, 7) is 6.25. The molecule has 8 heteroatoms. The topological polar surface area (TPSA) is 76.4 Å². The molecule has 3 aromatic rings. The molecule has 0 unspecified atom stereocenters. The minimum atomic E-state index is 0. The van der Waals surface area contributed by atoms with Crippen molar-refractivity contribution in [2.75, 3.05) is 13.6 Å². The molecule has 0 radical (unpaired) electrons. The van der Waals surface area contributed by atoms with Crippen molar-refractivity contribution in [3.63, 3.8) is 0 Å². The van der Waals surface area contributed by atoms with E-state index in [4.69, 9.17) is 4.74 Å². The molecule has 0 saturated carbocycles. The Hall–Kier alpha value is -2.62. The van der Waals surface area contributed by atoms with E-state index < -0.39 is 0 Å². The summed E-state index contributed by atoms with van der Waals surface area (Å²) in [5.74, 6) is 3.39. The molecule has 7 nitrogen and oxygen atoms in total. The first-order valence-electron chi connectivity index (χ1n) is 9.83. The first-order chi connectivity index (χ1) is 14.2. The van der Waals surface area contributed by atoms with Gasteiger partial charge in [-0.25, -0.2) is 0 Å². The van der Waals surface area contributed by atoms with Crippen LogP contribution in [0.15, 0.2) is 59.9 Å². The molecule has 0 fully saturated rings. The van der Waals surface area contributed by atoms with Gasteiger partial charge in [0.15, 0.2) is 5.96 Å². The molecule has 0 amide bonds. The quantitative estimate of drug-likeness (QED) is 0.268. The molecule has 2 N–H and O–H groups in total. The van der Waals surface area contributed by atoms with Crippen molar-refractivity contribution >= 4 is 29.9 Å². The minimum Gasteiger partial charge on any atom is -0.457 e. The van der Waals surface area contributed by atoms with E-state index in [1.807, 2.05) is 34.9 Å². The van der Waals surface area contributed by atoms with Crippen LogP contribution in [0.5, 0.6) is 11.5 Å². The van der Waals surface area contributed by atoms with Gasteiger partial charge in [0.2, 0.25) is 0 Å². The van der Waals surface area contributed by atoms with Crippen molar-refractivity contribution < 1.29 is 4.74 Å². The number of benzene rings is 2. The summed E-state index contributed by atoms with van der Waals surface area (Å²) in [6, 6.07) is 16.0. The Morgan fingerprint density at radius 2 is 1.93 bits per heavy atom. The third kappa shape index (κ3) is 6.72. The van der Waals surface area contributed by atoms with E-state index >= 15 is 0 Å². The number of para-hydroxylation sites is 1. The number of aryl methyl sites for hydroxylation is 2. The molecule has 0 atom stereocenters. The van der Waals surface area contributed by atoms with Crippen LogP contribution in [-0.2, 0) is 19.5 Å². The second kappa shape index (κ2) is 12.2. The fourth-order valence-corrected chi connectivity index (χ4v) is 2.95. The van der Waals surface area contributed by atoms with E-state index in [9.17, 15) is 0 Å². The second-order valence-corrected chi connectivity index (χ2v) is 6.67. The number of nitrogens with zero attached hydrogens (tertiary/aromatic N) is 4. The van der Waals surface area contributed by atoms with Crippen molar-refractivity contribution in [2.24, 2.45) is 4.99 Å². The maximum absolute atomic E-state index is 6.09. The SMILES string of the molecule is CCc1nncn1CCNC(=NC)NCc1ccc(C)cc1Oc1ccccc1.I. The number of hydrogen-bond acceptors (Lipinski definition) is 4. The molecule has 1 heterocycles. The number of nitrogens with one attached hydrogen (secondary N) is 2. The van der Waals surface area contributed by atoms with Crippen LogP contribution < -0.4 is 15.4 Å². The van der Waals surface area contributed by atoms with Gasteiger partial charge in [-0.2, -0.15) is 0 Å². The lowest BCUT2D eigenvalue weighted by molar-refractivity contribution is 0.474. The monoisotopic (exact) mass is 520 g/mol. The smallest absolute Gasteiger partial charge is 0.191 e. The van der Waals surface area contributed by atoms with Crippen LogP contribution in [0.1, 0.15) is 23.9 Å². The van der Waals surface area contributed by atoms with Gasteiger partial charge in [0.1, 0.15) is 23.7 Å². The molecule has 0 aliphatic rings. The van der Waals surface area contributed by atoms with Crippen molar-refractivity contribution in [1.82, 2.24) is 25.4 Å². The Labute approximate surface area is 195 Å². The number of guanidine groups is 1. The highest BCUT2D eigenvalue weighted by Gasteiger charge is 2.07. The van der Waals surface area contributed by atoms with Crippen molar-refractivity contribution in [1.29, 1.82) is 0 Å². The highest BCUT2D eigenvalue weighted by atomic mass is 127. The van der Waals surface area contributed by atoms with Crippen LogP contribution in [0.4, 0.5) is 0 Å². The lowest BCUT2D eigenvalue weighted by Crippen LogP contribution is -2.38. The van der Waals surface area contributed by atoms with Gasteiger partial charge >= 0.3 is 0 Å².